The van der Waals surface area contributed by atoms with Crippen LogP contribution in [0.1, 0.15) is 13.8 Å². The van der Waals surface area contributed by atoms with Gasteiger partial charge in [-0.25, -0.2) is 4.79 Å². The molecule has 19 heavy (non-hydrogen) atoms. The van der Waals surface area contributed by atoms with Gasteiger partial charge in [-0.15, -0.1) is 0 Å². The summed E-state index contributed by atoms with van der Waals surface area (Å²) in [5, 5.41) is 0. The van der Waals surface area contributed by atoms with Crippen molar-refractivity contribution < 1.29 is 23.7 Å². The number of esters is 1. The normalized spacial score (nSPS) is 10.2. The average Bonchev–Trinajstić information content (AvgIpc) is 2.36. The van der Waals surface area contributed by atoms with Crippen LogP contribution in [-0.4, -0.2) is 52.2 Å². The molecule has 0 saturated carbocycles. The molecule has 0 amide bonds. The van der Waals surface area contributed by atoms with Crippen molar-refractivity contribution in [2.75, 3.05) is 46.2 Å². The summed E-state index contributed by atoms with van der Waals surface area (Å²) in [7, 11) is 0. The van der Waals surface area contributed by atoms with Crippen molar-refractivity contribution in [3.8, 4) is 0 Å². The minimum atomic E-state index is -0.463. The maximum atomic E-state index is 11.4. The maximum absolute atomic E-state index is 11.4. The lowest BCUT2D eigenvalue weighted by molar-refractivity contribution is -0.141. The van der Waals surface area contributed by atoms with E-state index in [1.54, 1.807) is 0 Å². The second-order valence-electron chi connectivity index (χ2n) is 4.00. The molecule has 0 fully saturated rings. The van der Waals surface area contributed by atoms with Crippen LogP contribution >= 0.6 is 0 Å². The summed E-state index contributed by atoms with van der Waals surface area (Å²) in [5.41, 5.74) is 1.18. The fourth-order valence-corrected chi connectivity index (χ4v) is 1.07. The first-order valence-corrected chi connectivity index (χ1v) is 6.30. The predicted molar refractivity (Wildman–Crippen MR) is 73.0 cm³/mol. The van der Waals surface area contributed by atoms with Crippen LogP contribution in [0.2, 0.25) is 0 Å². The van der Waals surface area contributed by atoms with Crippen LogP contribution in [0.5, 0.6) is 0 Å². The summed E-state index contributed by atoms with van der Waals surface area (Å²) in [4.78, 5) is 11.4. The van der Waals surface area contributed by atoms with Crippen molar-refractivity contribution in [3.05, 3.63) is 24.3 Å². The molecule has 0 saturated heterocycles. The van der Waals surface area contributed by atoms with Gasteiger partial charge in [-0.2, -0.15) is 0 Å². The lowest BCUT2D eigenvalue weighted by Gasteiger charge is -2.08. The van der Waals surface area contributed by atoms with Crippen molar-refractivity contribution in [1.82, 2.24) is 0 Å². The highest BCUT2D eigenvalue weighted by Gasteiger charge is 2.08. The van der Waals surface area contributed by atoms with E-state index in [9.17, 15) is 4.79 Å². The Morgan fingerprint density at radius 1 is 0.947 bits per heavy atom. The lowest BCUT2D eigenvalue weighted by atomic mass is 10.3. The third-order valence-corrected chi connectivity index (χ3v) is 1.95. The SMILES string of the molecule is C=C(C)COCC(=C)C(=O)OCCOCCOCC. The monoisotopic (exact) mass is 272 g/mol. The second-order valence-corrected chi connectivity index (χ2v) is 4.00. The molecule has 0 radical (unpaired) electrons. The number of carbonyl (C=O) groups excluding carboxylic acids is 1. The molecular formula is C14H24O5. The molecule has 0 aliphatic carbocycles. The molecule has 0 rings (SSSR count). The highest BCUT2D eigenvalue weighted by atomic mass is 16.6. The molecule has 0 aliphatic rings. The Kier molecular flexibility index (Phi) is 11.2. The van der Waals surface area contributed by atoms with Crippen LogP contribution in [0.25, 0.3) is 0 Å². The Morgan fingerprint density at radius 3 is 2.21 bits per heavy atom. The third kappa shape index (κ3) is 11.6. The van der Waals surface area contributed by atoms with Crippen molar-refractivity contribution in [2.45, 2.75) is 13.8 Å². The highest BCUT2D eigenvalue weighted by molar-refractivity contribution is 5.87. The average molecular weight is 272 g/mol. The summed E-state index contributed by atoms with van der Waals surface area (Å²) in [5.74, 6) is -0.463. The molecule has 0 aromatic heterocycles. The van der Waals surface area contributed by atoms with Crippen LogP contribution in [0, 0.1) is 0 Å². The van der Waals surface area contributed by atoms with Gasteiger partial charge in [-0.3, -0.25) is 0 Å². The summed E-state index contributed by atoms with van der Waals surface area (Å²) in [6.45, 7) is 13.9. The first-order chi connectivity index (χ1) is 9.07. The Balaban J connectivity index is 3.46. The minimum absolute atomic E-state index is 0.150. The van der Waals surface area contributed by atoms with Gasteiger partial charge in [-0.1, -0.05) is 18.7 Å². The zero-order valence-electron chi connectivity index (χ0n) is 11.9. The van der Waals surface area contributed by atoms with Crippen molar-refractivity contribution in [1.29, 1.82) is 0 Å². The molecule has 110 valence electrons. The Morgan fingerprint density at radius 2 is 1.58 bits per heavy atom. The van der Waals surface area contributed by atoms with Crippen molar-refractivity contribution in [2.24, 2.45) is 0 Å². The van der Waals surface area contributed by atoms with Gasteiger partial charge in [0.1, 0.15) is 6.61 Å². The Labute approximate surface area is 115 Å². The summed E-state index contributed by atoms with van der Waals surface area (Å²) < 4.78 is 20.5. The van der Waals surface area contributed by atoms with E-state index in [0.717, 1.165) is 5.57 Å². The smallest absolute Gasteiger partial charge is 0.335 e. The van der Waals surface area contributed by atoms with Crippen molar-refractivity contribution >= 4 is 5.97 Å². The molecule has 5 nitrogen and oxygen atoms in total. The van der Waals surface area contributed by atoms with E-state index < -0.39 is 5.97 Å². The van der Waals surface area contributed by atoms with E-state index in [1.807, 2.05) is 13.8 Å². The molecule has 0 unspecified atom stereocenters. The van der Waals surface area contributed by atoms with E-state index in [1.165, 1.54) is 0 Å². The first kappa shape index (κ1) is 17.8. The van der Waals surface area contributed by atoms with Crippen LogP contribution in [0.3, 0.4) is 0 Å². The van der Waals surface area contributed by atoms with E-state index in [-0.39, 0.29) is 18.8 Å². The number of rotatable bonds is 12. The molecule has 0 N–H and O–H groups in total. The molecular weight excluding hydrogens is 248 g/mol. The topological polar surface area (TPSA) is 54.0 Å². The fourth-order valence-electron chi connectivity index (χ4n) is 1.07. The van der Waals surface area contributed by atoms with Crippen LogP contribution in [0.15, 0.2) is 24.3 Å². The molecule has 0 aromatic carbocycles. The second kappa shape index (κ2) is 11.9. The number of carbonyl (C=O) groups is 1. The fraction of sp³-hybridized carbons (Fsp3) is 0.643. The number of hydrogen-bond donors (Lipinski definition) is 0. The zero-order chi connectivity index (χ0) is 14.5. The quantitative estimate of drug-likeness (QED) is 0.234. The van der Waals surface area contributed by atoms with E-state index >= 15 is 0 Å². The predicted octanol–water partition coefficient (Wildman–Crippen LogP) is 1.73. The molecule has 0 aliphatic heterocycles. The lowest BCUT2D eigenvalue weighted by Crippen LogP contribution is -2.16. The van der Waals surface area contributed by atoms with Crippen LogP contribution in [0.4, 0.5) is 0 Å². The Hall–Kier alpha value is -1.17. The van der Waals surface area contributed by atoms with Gasteiger partial charge in [-0.05, 0) is 13.8 Å². The van der Waals surface area contributed by atoms with Gasteiger partial charge < -0.3 is 18.9 Å². The molecule has 0 bridgehead atoms. The minimum Gasteiger partial charge on any atom is -0.460 e. The standard InChI is InChI=1S/C14H24O5/c1-5-16-6-7-17-8-9-19-14(15)13(4)11-18-10-12(2)3/h2,4-11H2,1,3H3. The van der Waals surface area contributed by atoms with Gasteiger partial charge in [0.15, 0.2) is 0 Å². The van der Waals surface area contributed by atoms with Gasteiger partial charge in [0.2, 0.25) is 0 Å². The Bertz CT molecular complexity index is 286. The largest absolute Gasteiger partial charge is 0.460 e. The van der Waals surface area contributed by atoms with Gasteiger partial charge in [0.05, 0.1) is 38.6 Å². The molecule has 0 heterocycles. The van der Waals surface area contributed by atoms with Crippen LogP contribution < -0.4 is 0 Å². The maximum Gasteiger partial charge on any atom is 0.335 e. The van der Waals surface area contributed by atoms with Gasteiger partial charge in [0, 0.05) is 6.61 Å². The van der Waals surface area contributed by atoms with Crippen molar-refractivity contribution in [3.63, 3.8) is 0 Å². The van der Waals surface area contributed by atoms with Gasteiger partial charge >= 0.3 is 5.97 Å². The number of hydrogen-bond acceptors (Lipinski definition) is 5. The summed E-state index contributed by atoms with van der Waals surface area (Å²) in [6.07, 6.45) is 0. The molecule has 0 spiro atoms. The van der Waals surface area contributed by atoms with E-state index in [2.05, 4.69) is 13.2 Å². The summed E-state index contributed by atoms with van der Waals surface area (Å²) in [6, 6.07) is 0. The molecule has 0 atom stereocenters. The molecule has 5 heteroatoms. The van der Waals surface area contributed by atoms with Gasteiger partial charge in [0.25, 0.3) is 0 Å². The van der Waals surface area contributed by atoms with E-state index in [4.69, 9.17) is 18.9 Å². The van der Waals surface area contributed by atoms with E-state index in [0.29, 0.717) is 33.0 Å². The van der Waals surface area contributed by atoms with Crippen LogP contribution in [-0.2, 0) is 23.7 Å². The molecule has 0 aromatic rings. The summed E-state index contributed by atoms with van der Waals surface area (Å²) >= 11 is 0. The number of ether oxygens (including phenoxy) is 4. The third-order valence-electron chi connectivity index (χ3n) is 1.95. The first-order valence-electron chi connectivity index (χ1n) is 6.30. The zero-order valence-corrected chi connectivity index (χ0v) is 11.9. The highest BCUT2D eigenvalue weighted by Crippen LogP contribution is 1.98.